The molecule has 1 nitrogen and oxygen atoms in total. The molecule has 112 valence electrons. The molecule has 0 rings (SSSR count). The van der Waals surface area contributed by atoms with Crippen LogP contribution in [0.25, 0.3) is 0 Å². The Bertz CT molecular complexity index is 184. The molecule has 0 aliphatic carbocycles. The van der Waals surface area contributed by atoms with E-state index in [0.717, 1.165) is 12.8 Å². The van der Waals surface area contributed by atoms with E-state index in [0.29, 0.717) is 6.61 Å². The zero-order valence-electron chi connectivity index (χ0n) is 12.9. The minimum Gasteiger partial charge on any atom is -0.396 e. The van der Waals surface area contributed by atoms with E-state index in [1.807, 2.05) is 0 Å². The Balaban J connectivity index is 3.12. The predicted molar refractivity (Wildman–Crippen MR) is 86.4 cm³/mol. The van der Waals surface area contributed by atoms with Gasteiger partial charge in [-0.3, -0.25) is 0 Å². The first-order valence-corrected chi connectivity index (χ1v) is 8.32. The summed E-state index contributed by atoms with van der Waals surface area (Å²) in [5.74, 6) is 0. The predicted octanol–water partition coefficient (Wildman–Crippen LogP) is 5.79. The molecule has 0 amide bonds. The van der Waals surface area contributed by atoms with Gasteiger partial charge in [-0.05, 0) is 51.4 Å². The van der Waals surface area contributed by atoms with E-state index < -0.39 is 0 Å². The Kier molecular flexibility index (Phi) is 16.9. The minimum atomic E-state index is 0.342. The van der Waals surface area contributed by atoms with Crippen LogP contribution in [0.2, 0.25) is 0 Å². The molecule has 0 radical (unpaired) electrons. The van der Waals surface area contributed by atoms with Gasteiger partial charge in [-0.15, -0.1) is 0 Å². The molecule has 0 heterocycles. The fourth-order valence-corrected chi connectivity index (χ4v) is 2.06. The first-order chi connectivity index (χ1) is 9.41. The average Bonchev–Trinajstić information content (AvgIpc) is 2.43. The summed E-state index contributed by atoms with van der Waals surface area (Å²) in [5, 5.41) is 8.65. The van der Waals surface area contributed by atoms with Crippen molar-refractivity contribution in [2.45, 2.75) is 84.0 Å². The topological polar surface area (TPSA) is 20.2 Å². The molecule has 0 atom stereocenters. The third-order valence-electron chi connectivity index (χ3n) is 3.33. The summed E-state index contributed by atoms with van der Waals surface area (Å²) in [5.41, 5.74) is 0. The Hall–Kier alpha value is -0.560. The molecule has 0 saturated heterocycles. The molecular weight excluding hydrogens is 232 g/mol. The van der Waals surface area contributed by atoms with E-state index in [1.165, 1.54) is 64.2 Å². The highest BCUT2D eigenvalue weighted by molar-refractivity contribution is 4.85. The maximum atomic E-state index is 8.65. The number of hydrogen-bond donors (Lipinski definition) is 1. The van der Waals surface area contributed by atoms with Crippen LogP contribution in [0.1, 0.15) is 84.0 Å². The number of rotatable bonds is 14. The van der Waals surface area contributed by atoms with E-state index in [4.69, 9.17) is 5.11 Å². The zero-order chi connectivity index (χ0) is 14.0. The van der Waals surface area contributed by atoms with Crippen molar-refractivity contribution in [1.82, 2.24) is 0 Å². The summed E-state index contributed by atoms with van der Waals surface area (Å²) in [6, 6.07) is 0. The van der Waals surface area contributed by atoms with Crippen LogP contribution in [0.5, 0.6) is 0 Å². The highest BCUT2D eigenvalue weighted by Crippen LogP contribution is 2.05. The summed E-state index contributed by atoms with van der Waals surface area (Å²) in [6.45, 7) is 2.60. The standard InChI is InChI=1S/C18H34O/c1-2-3-4-5-6-7-8-9-10-11-12-13-14-15-16-17-18-19/h7-8,12-13,19H,2-6,9-11,14-18H2,1H3/b8-7+,13-12+. The Morgan fingerprint density at radius 2 is 1.05 bits per heavy atom. The number of aliphatic hydroxyl groups excluding tert-OH is 1. The minimum absolute atomic E-state index is 0.342. The Labute approximate surface area is 120 Å². The molecule has 0 unspecified atom stereocenters. The summed E-state index contributed by atoms with van der Waals surface area (Å²) in [4.78, 5) is 0. The third kappa shape index (κ3) is 17.4. The van der Waals surface area contributed by atoms with E-state index in [9.17, 15) is 0 Å². The van der Waals surface area contributed by atoms with Crippen molar-refractivity contribution in [3.05, 3.63) is 24.3 Å². The summed E-state index contributed by atoms with van der Waals surface area (Å²) in [7, 11) is 0. The lowest BCUT2D eigenvalue weighted by Gasteiger charge is -1.95. The van der Waals surface area contributed by atoms with Crippen LogP contribution < -0.4 is 0 Å². The van der Waals surface area contributed by atoms with Gasteiger partial charge in [-0.1, -0.05) is 56.9 Å². The van der Waals surface area contributed by atoms with Crippen molar-refractivity contribution in [2.75, 3.05) is 6.61 Å². The Morgan fingerprint density at radius 1 is 0.579 bits per heavy atom. The first-order valence-electron chi connectivity index (χ1n) is 8.32. The molecule has 0 aliphatic rings. The van der Waals surface area contributed by atoms with Crippen molar-refractivity contribution in [2.24, 2.45) is 0 Å². The van der Waals surface area contributed by atoms with Gasteiger partial charge in [0, 0.05) is 6.61 Å². The maximum absolute atomic E-state index is 8.65. The van der Waals surface area contributed by atoms with Crippen LogP contribution in [-0.2, 0) is 0 Å². The van der Waals surface area contributed by atoms with Crippen LogP contribution in [0, 0.1) is 0 Å². The largest absolute Gasteiger partial charge is 0.396 e. The SMILES string of the molecule is CCCCCC/C=C/CCC/C=C/CCCCCO. The molecule has 19 heavy (non-hydrogen) atoms. The van der Waals surface area contributed by atoms with Gasteiger partial charge < -0.3 is 5.11 Å². The van der Waals surface area contributed by atoms with Crippen LogP contribution in [0.3, 0.4) is 0 Å². The molecule has 0 aromatic carbocycles. The molecule has 0 fully saturated rings. The average molecular weight is 266 g/mol. The normalized spacial score (nSPS) is 11.9. The van der Waals surface area contributed by atoms with Crippen molar-refractivity contribution in [3.8, 4) is 0 Å². The van der Waals surface area contributed by atoms with Gasteiger partial charge in [0.05, 0.1) is 0 Å². The lowest BCUT2D eigenvalue weighted by atomic mass is 10.1. The second-order valence-corrected chi connectivity index (χ2v) is 5.30. The molecular formula is C18H34O. The molecule has 0 aromatic heterocycles. The number of unbranched alkanes of at least 4 members (excludes halogenated alkanes) is 9. The van der Waals surface area contributed by atoms with E-state index in [-0.39, 0.29) is 0 Å². The smallest absolute Gasteiger partial charge is 0.0431 e. The fraction of sp³-hybridized carbons (Fsp3) is 0.778. The van der Waals surface area contributed by atoms with Gasteiger partial charge in [0.2, 0.25) is 0 Å². The molecule has 0 saturated carbocycles. The van der Waals surface area contributed by atoms with E-state index in [1.54, 1.807) is 0 Å². The van der Waals surface area contributed by atoms with Crippen molar-refractivity contribution < 1.29 is 5.11 Å². The highest BCUT2D eigenvalue weighted by atomic mass is 16.2. The van der Waals surface area contributed by atoms with Crippen molar-refractivity contribution >= 4 is 0 Å². The molecule has 0 aliphatic heterocycles. The lowest BCUT2D eigenvalue weighted by Crippen LogP contribution is -1.81. The second kappa shape index (κ2) is 17.4. The molecule has 0 bridgehead atoms. The number of allylic oxidation sites excluding steroid dienone is 4. The quantitative estimate of drug-likeness (QED) is 0.311. The van der Waals surface area contributed by atoms with Gasteiger partial charge in [0.15, 0.2) is 0 Å². The molecule has 1 heteroatoms. The van der Waals surface area contributed by atoms with E-state index in [2.05, 4.69) is 31.2 Å². The molecule has 0 spiro atoms. The van der Waals surface area contributed by atoms with Crippen LogP contribution in [0.15, 0.2) is 24.3 Å². The second-order valence-electron chi connectivity index (χ2n) is 5.30. The fourth-order valence-electron chi connectivity index (χ4n) is 2.06. The van der Waals surface area contributed by atoms with Gasteiger partial charge >= 0.3 is 0 Å². The lowest BCUT2D eigenvalue weighted by molar-refractivity contribution is 0.283. The first kappa shape index (κ1) is 18.4. The highest BCUT2D eigenvalue weighted by Gasteiger charge is 1.86. The van der Waals surface area contributed by atoms with Crippen molar-refractivity contribution in [3.63, 3.8) is 0 Å². The number of aliphatic hydroxyl groups is 1. The van der Waals surface area contributed by atoms with E-state index >= 15 is 0 Å². The van der Waals surface area contributed by atoms with Crippen molar-refractivity contribution in [1.29, 1.82) is 0 Å². The summed E-state index contributed by atoms with van der Waals surface area (Å²) in [6.07, 6.45) is 24.3. The van der Waals surface area contributed by atoms with Gasteiger partial charge in [-0.2, -0.15) is 0 Å². The van der Waals surface area contributed by atoms with Gasteiger partial charge in [0.25, 0.3) is 0 Å². The van der Waals surface area contributed by atoms with Crippen LogP contribution in [-0.4, -0.2) is 11.7 Å². The zero-order valence-corrected chi connectivity index (χ0v) is 12.9. The monoisotopic (exact) mass is 266 g/mol. The Morgan fingerprint density at radius 3 is 1.53 bits per heavy atom. The molecule has 1 N–H and O–H groups in total. The summed E-state index contributed by atoms with van der Waals surface area (Å²) >= 11 is 0. The van der Waals surface area contributed by atoms with Crippen LogP contribution in [0.4, 0.5) is 0 Å². The number of hydrogen-bond acceptors (Lipinski definition) is 1. The summed E-state index contributed by atoms with van der Waals surface area (Å²) < 4.78 is 0. The maximum Gasteiger partial charge on any atom is 0.0431 e. The van der Waals surface area contributed by atoms with Crippen LogP contribution >= 0.6 is 0 Å². The third-order valence-corrected chi connectivity index (χ3v) is 3.33. The molecule has 0 aromatic rings. The van der Waals surface area contributed by atoms with Gasteiger partial charge in [0.1, 0.15) is 0 Å². The van der Waals surface area contributed by atoms with Gasteiger partial charge in [-0.25, -0.2) is 0 Å².